The molecule has 1 N–H and O–H groups in total. The SMILES string of the molecule is COC(=O)c1cnc(Oc2ccc(C(C)(O)C(c3cc(C)c(C#N)c(C)c3)C(F)(F)F)c(Cl)c2)c(Cl)c1. The van der Waals surface area contributed by atoms with Crippen LogP contribution in [0.15, 0.2) is 42.6 Å². The van der Waals surface area contributed by atoms with Crippen molar-refractivity contribution in [1.29, 1.82) is 5.26 Å². The van der Waals surface area contributed by atoms with E-state index in [9.17, 15) is 28.3 Å². The molecule has 0 aliphatic rings. The van der Waals surface area contributed by atoms with Crippen LogP contribution in [0.25, 0.3) is 0 Å². The summed E-state index contributed by atoms with van der Waals surface area (Å²) < 4.78 is 53.2. The molecule has 2 unspecified atom stereocenters. The Morgan fingerprint density at radius 2 is 1.73 bits per heavy atom. The predicted octanol–water partition coefficient (Wildman–Crippen LogP) is 7.01. The summed E-state index contributed by atoms with van der Waals surface area (Å²) in [5.41, 5.74) is -1.79. The summed E-state index contributed by atoms with van der Waals surface area (Å²) >= 11 is 12.4. The van der Waals surface area contributed by atoms with Crippen LogP contribution in [0.1, 0.15) is 51.0 Å². The van der Waals surface area contributed by atoms with Gasteiger partial charge in [0.2, 0.25) is 5.88 Å². The molecular formula is C26H21Cl2F3N2O4. The molecule has 0 radical (unpaired) electrons. The minimum Gasteiger partial charge on any atom is -0.465 e. The number of ether oxygens (including phenoxy) is 2. The number of benzene rings is 2. The summed E-state index contributed by atoms with van der Waals surface area (Å²) in [6, 6.07) is 9.50. The van der Waals surface area contributed by atoms with Crippen LogP contribution in [0.3, 0.4) is 0 Å². The molecule has 194 valence electrons. The Hall–Kier alpha value is -3.32. The minimum absolute atomic E-state index is 0.0150. The van der Waals surface area contributed by atoms with Gasteiger partial charge in [-0.1, -0.05) is 41.4 Å². The molecule has 3 aromatic rings. The molecule has 2 atom stereocenters. The quantitative estimate of drug-likeness (QED) is 0.330. The third kappa shape index (κ3) is 5.82. The number of nitriles is 1. The fourth-order valence-corrected chi connectivity index (χ4v) is 4.71. The van der Waals surface area contributed by atoms with E-state index in [0.717, 1.165) is 6.92 Å². The van der Waals surface area contributed by atoms with E-state index in [0.29, 0.717) is 11.1 Å². The number of rotatable bonds is 6. The van der Waals surface area contributed by atoms with E-state index in [4.69, 9.17) is 27.9 Å². The smallest absolute Gasteiger partial charge is 0.398 e. The number of aliphatic hydroxyl groups is 1. The van der Waals surface area contributed by atoms with Gasteiger partial charge in [-0.05, 0) is 55.7 Å². The van der Waals surface area contributed by atoms with Crippen LogP contribution in [-0.2, 0) is 10.3 Å². The fourth-order valence-electron chi connectivity index (χ4n) is 4.14. The zero-order chi connectivity index (χ0) is 27.7. The first-order valence-electron chi connectivity index (χ1n) is 10.7. The summed E-state index contributed by atoms with van der Waals surface area (Å²) in [5, 5.41) is 20.3. The van der Waals surface area contributed by atoms with Crippen molar-refractivity contribution in [1.82, 2.24) is 4.98 Å². The number of hydrogen-bond acceptors (Lipinski definition) is 6. The number of nitrogens with zero attached hydrogens (tertiary/aromatic N) is 2. The Kier molecular flexibility index (Phi) is 8.08. The number of aromatic nitrogens is 1. The van der Waals surface area contributed by atoms with Gasteiger partial charge in [0.1, 0.15) is 22.3 Å². The second kappa shape index (κ2) is 10.6. The Bertz CT molecular complexity index is 1380. The van der Waals surface area contributed by atoms with Crippen LogP contribution in [0, 0.1) is 25.2 Å². The standard InChI is InChI=1S/C26H21Cl2F3N2O4/c1-13-7-15(8-14(2)18(13)11-32)22(26(29,30)31)25(3,35)19-6-5-17(10-20(19)27)37-23-21(28)9-16(12-33-23)24(34)36-4/h5-10,12,22,35H,1-4H3. The number of halogens is 5. The zero-order valence-electron chi connectivity index (χ0n) is 20.1. The maximum Gasteiger partial charge on any atom is 0.398 e. The number of hydrogen-bond donors (Lipinski definition) is 1. The van der Waals surface area contributed by atoms with E-state index in [1.165, 1.54) is 63.6 Å². The second-order valence-electron chi connectivity index (χ2n) is 8.51. The maximum atomic E-state index is 14.3. The third-order valence-corrected chi connectivity index (χ3v) is 6.40. The number of carbonyl (C=O) groups is 1. The molecule has 2 aromatic carbocycles. The van der Waals surface area contributed by atoms with E-state index in [-0.39, 0.29) is 43.9 Å². The maximum absolute atomic E-state index is 14.3. The molecule has 1 aromatic heterocycles. The van der Waals surface area contributed by atoms with Crippen molar-refractivity contribution < 1.29 is 32.5 Å². The van der Waals surface area contributed by atoms with Crippen molar-refractivity contribution >= 4 is 29.2 Å². The summed E-state index contributed by atoms with van der Waals surface area (Å²) in [4.78, 5) is 15.6. The Labute approximate surface area is 221 Å². The van der Waals surface area contributed by atoms with E-state index in [1.807, 2.05) is 6.07 Å². The lowest BCUT2D eigenvalue weighted by Gasteiger charge is -2.36. The molecule has 0 aliphatic heterocycles. The molecule has 11 heteroatoms. The highest BCUT2D eigenvalue weighted by Crippen LogP contribution is 2.50. The average Bonchev–Trinajstić information content (AvgIpc) is 2.78. The van der Waals surface area contributed by atoms with Gasteiger partial charge in [0.05, 0.1) is 29.3 Å². The Morgan fingerprint density at radius 1 is 1.11 bits per heavy atom. The molecule has 0 fully saturated rings. The van der Waals surface area contributed by atoms with Gasteiger partial charge < -0.3 is 14.6 Å². The lowest BCUT2D eigenvalue weighted by atomic mass is 9.77. The summed E-state index contributed by atoms with van der Waals surface area (Å²) in [5.74, 6) is -3.00. The number of methoxy groups -OCH3 is 1. The van der Waals surface area contributed by atoms with Crippen LogP contribution in [0.5, 0.6) is 11.6 Å². The average molecular weight is 553 g/mol. The number of pyridine rings is 1. The van der Waals surface area contributed by atoms with Crippen LogP contribution in [0.4, 0.5) is 13.2 Å². The molecule has 0 bridgehead atoms. The molecule has 0 saturated heterocycles. The summed E-state index contributed by atoms with van der Waals surface area (Å²) in [7, 11) is 1.20. The highest BCUT2D eigenvalue weighted by atomic mass is 35.5. The predicted molar refractivity (Wildman–Crippen MR) is 131 cm³/mol. The molecule has 37 heavy (non-hydrogen) atoms. The van der Waals surface area contributed by atoms with Crippen molar-refractivity contribution in [3.05, 3.63) is 86.0 Å². The van der Waals surface area contributed by atoms with Gasteiger partial charge in [0.25, 0.3) is 0 Å². The van der Waals surface area contributed by atoms with Crippen molar-refractivity contribution in [3.8, 4) is 17.7 Å². The number of esters is 1. The molecule has 3 rings (SSSR count). The Balaban J connectivity index is 2.00. The molecule has 0 amide bonds. The molecule has 0 spiro atoms. The second-order valence-corrected chi connectivity index (χ2v) is 9.32. The lowest BCUT2D eigenvalue weighted by Crippen LogP contribution is -2.40. The van der Waals surface area contributed by atoms with Crippen molar-refractivity contribution in [2.24, 2.45) is 0 Å². The first-order valence-corrected chi connectivity index (χ1v) is 11.5. The van der Waals surface area contributed by atoms with Gasteiger partial charge in [-0.25, -0.2) is 9.78 Å². The molecule has 1 heterocycles. The molecular weight excluding hydrogens is 532 g/mol. The van der Waals surface area contributed by atoms with Gasteiger partial charge in [-0.15, -0.1) is 0 Å². The first-order chi connectivity index (χ1) is 17.2. The van der Waals surface area contributed by atoms with Crippen LogP contribution < -0.4 is 4.74 Å². The highest BCUT2D eigenvalue weighted by molar-refractivity contribution is 6.32. The van der Waals surface area contributed by atoms with Crippen LogP contribution >= 0.6 is 23.2 Å². The third-order valence-electron chi connectivity index (χ3n) is 5.82. The zero-order valence-corrected chi connectivity index (χ0v) is 21.6. The molecule has 0 aliphatic carbocycles. The fraction of sp³-hybridized carbons (Fsp3) is 0.269. The number of aryl methyl sites for hydroxylation is 2. The van der Waals surface area contributed by atoms with Gasteiger partial charge in [-0.3, -0.25) is 0 Å². The van der Waals surface area contributed by atoms with Gasteiger partial charge in [-0.2, -0.15) is 18.4 Å². The summed E-state index contributed by atoms with van der Waals surface area (Å²) in [6.07, 6.45) is -3.67. The van der Waals surface area contributed by atoms with Crippen LogP contribution in [-0.4, -0.2) is 29.3 Å². The number of carbonyl (C=O) groups excluding carboxylic acids is 1. The van der Waals surface area contributed by atoms with E-state index in [2.05, 4.69) is 9.72 Å². The van der Waals surface area contributed by atoms with E-state index < -0.39 is 23.7 Å². The van der Waals surface area contributed by atoms with Crippen molar-refractivity contribution in [2.45, 2.75) is 38.5 Å². The van der Waals surface area contributed by atoms with Gasteiger partial charge in [0, 0.05) is 11.8 Å². The van der Waals surface area contributed by atoms with Gasteiger partial charge >= 0.3 is 12.1 Å². The van der Waals surface area contributed by atoms with Crippen molar-refractivity contribution in [3.63, 3.8) is 0 Å². The lowest BCUT2D eigenvalue weighted by molar-refractivity contribution is -0.195. The van der Waals surface area contributed by atoms with E-state index >= 15 is 0 Å². The first kappa shape index (κ1) is 28.3. The number of alkyl halides is 3. The Morgan fingerprint density at radius 3 is 2.22 bits per heavy atom. The van der Waals surface area contributed by atoms with E-state index in [1.54, 1.807) is 0 Å². The summed E-state index contributed by atoms with van der Waals surface area (Å²) in [6.45, 7) is 4.10. The van der Waals surface area contributed by atoms with Gasteiger partial charge in [0.15, 0.2) is 0 Å². The molecule has 6 nitrogen and oxygen atoms in total. The highest BCUT2D eigenvalue weighted by Gasteiger charge is 2.53. The van der Waals surface area contributed by atoms with Crippen molar-refractivity contribution in [2.75, 3.05) is 7.11 Å². The normalized spacial score (nSPS) is 13.9. The monoisotopic (exact) mass is 552 g/mol. The topological polar surface area (TPSA) is 92.4 Å². The largest absolute Gasteiger partial charge is 0.465 e. The molecule has 0 saturated carbocycles. The van der Waals surface area contributed by atoms with Crippen LogP contribution in [0.2, 0.25) is 10.0 Å². The minimum atomic E-state index is -4.85.